The van der Waals surface area contributed by atoms with Crippen LogP contribution in [0.1, 0.15) is 26.0 Å². The Bertz CT molecular complexity index is 278. The highest BCUT2D eigenvalue weighted by Gasteiger charge is 1.94. The van der Waals surface area contributed by atoms with E-state index in [4.69, 9.17) is 0 Å². The van der Waals surface area contributed by atoms with E-state index in [-0.39, 0.29) is 0 Å². The Labute approximate surface area is 76.5 Å². The van der Waals surface area contributed by atoms with Crippen molar-refractivity contribution in [3.63, 3.8) is 0 Å². The van der Waals surface area contributed by atoms with Crippen LogP contribution in [0.3, 0.4) is 0 Å². The largest absolute Gasteiger partial charge is 0.253 e. The molecule has 0 aliphatic carbocycles. The summed E-state index contributed by atoms with van der Waals surface area (Å²) in [5.41, 5.74) is 5.03. The predicted molar refractivity (Wildman–Crippen MR) is 53.9 cm³/mol. The Morgan fingerprint density at radius 2 is 2.50 bits per heavy atom. The molecule has 12 heavy (non-hydrogen) atoms. The normalized spacial score (nSPS) is 11.8. The molecule has 0 unspecified atom stereocenters. The lowest BCUT2D eigenvalue weighted by Gasteiger charge is -1.95. The zero-order valence-electron chi connectivity index (χ0n) is 7.59. The average molecular weight is 183 g/mol. The molecule has 0 spiro atoms. The van der Waals surface area contributed by atoms with Gasteiger partial charge in [-0.3, -0.25) is 5.43 Å². The zero-order valence-corrected chi connectivity index (χ0v) is 8.40. The molecule has 0 radical (unpaired) electrons. The highest BCUT2D eigenvalue weighted by molar-refractivity contribution is 7.13. The molecule has 1 heterocycles. The van der Waals surface area contributed by atoms with Gasteiger partial charge in [0.25, 0.3) is 0 Å². The van der Waals surface area contributed by atoms with E-state index in [1.807, 2.05) is 19.2 Å². The topological polar surface area (TPSA) is 37.3 Å². The van der Waals surface area contributed by atoms with Crippen LogP contribution in [0.15, 0.2) is 10.5 Å². The van der Waals surface area contributed by atoms with Crippen LogP contribution in [-0.4, -0.2) is 10.7 Å². The third kappa shape index (κ3) is 2.62. The van der Waals surface area contributed by atoms with Crippen molar-refractivity contribution in [3.05, 3.63) is 11.1 Å². The quantitative estimate of drug-likeness (QED) is 0.577. The number of rotatable bonds is 3. The number of hydrogen-bond donors (Lipinski definition) is 1. The first-order valence-corrected chi connectivity index (χ1v) is 4.81. The Hall–Kier alpha value is -0.900. The van der Waals surface area contributed by atoms with Crippen LogP contribution < -0.4 is 5.43 Å². The van der Waals surface area contributed by atoms with Crippen LogP contribution in [0, 0.1) is 6.92 Å². The smallest absolute Gasteiger partial charge is 0.203 e. The summed E-state index contributed by atoms with van der Waals surface area (Å²) in [5, 5.41) is 7.00. The Balaban J connectivity index is 2.53. The Kier molecular flexibility index (Phi) is 3.22. The van der Waals surface area contributed by atoms with E-state index in [0.29, 0.717) is 0 Å². The molecule has 0 amide bonds. The molecule has 0 bridgehead atoms. The van der Waals surface area contributed by atoms with Gasteiger partial charge in [0.15, 0.2) is 0 Å². The summed E-state index contributed by atoms with van der Waals surface area (Å²) in [6.07, 6.45) is 0.970. The van der Waals surface area contributed by atoms with Crippen molar-refractivity contribution in [2.75, 3.05) is 5.43 Å². The predicted octanol–water partition coefficient (Wildman–Crippen LogP) is 2.65. The van der Waals surface area contributed by atoms with Gasteiger partial charge in [0, 0.05) is 11.1 Å². The van der Waals surface area contributed by atoms with Crippen molar-refractivity contribution in [2.24, 2.45) is 5.10 Å². The number of aromatic nitrogens is 1. The maximum Gasteiger partial charge on any atom is 0.203 e. The van der Waals surface area contributed by atoms with Gasteiger partial charge in [-0.05, 0) is 20.3 Å². The molecule has 0 atom stereocenters. The third-order valence-corrected chi connectivity index (χ3v) is 2.34. The van der Waals surface area contributed by atoms with Crippen LogP contribution in [0.25, 0.3) is 0 Å². The SMILES string of the molecule is CC/C(C)=N/Nc1nc(C)cs1. The first-order valence-electron chi connectivity index (χ1n) is 3.93. The molecule has 4 heteroatoms. The van der Waals surface area contributed by atoms with Gasteiger partial charge in [0.2, 0.25) is 5.13 Å². The highest BCUT2D eigenvalue weighted by atomic mass is 32.1. The summed E-state index contributed by atoms with van der Waals surface area (Å²) in [6, 6.07) is 0. The van der Waals surface area contributed by atoms with Gasteiger partial charge in [-0.15, -0.1) is 11.3 Å². The van der Waals surface area contributed by atoms with Gasteiger partial charge in [0.1, 0.15) is 0 Å². The van der Waals surface area contributed by atoms with Crippen molar-refractivity contribution in [3.8, 4) is 0 Å². The van der Waals surface area contributed by atoms with Crippen molar-refractivity contribution < 1.29 is 0 Å². The molecule has 66 valence electrons. The number of thiazole rings is 1. The average Bonchev–Trinajstić information content (AvgIpc) is 2.47. The summed E-state index contributed by atoms with van der Waals surface area (Å²) >= 11 is 1.57. The standard InChI is InChI=1S/C8H13N3S/c1-4-6(2)10-11-8-9-7(3)5-12-8/h5H,4H2,1-3H3,(H,9,11)/b10-6+. The van der Waals surface area contributed by atoms with E-state index in [1.54, 1.807) is 11.3 Å². The van der Waals surface area contributed by atoms with Crippen LogP contribution in [0.2, 0.25) is 0 Å². The molecular formula is C8H13N3S. The minimum Gasteiger partial charge on any atom is -0.253 e. The molecule has 1 rings (SSSR count). The van der Waals surface area contributed by atoms with Crippen LogP contribution in [-0.2, 0) is 0 Å². The second-order valence-electron chi connectivity index (χ2n) is 2.61. The van der Waals surface area contributed by atoms with E-state index in [9.17, 15) is 0 Å². The number of aryl methyl sites for hydroxylation is 1. The van der Waals surface area contributed by atoms with Crippen molar-refractivity contribution in [1.82, 2.24) is 4.98 Å². The van der Waals surface area contributed by atoms with Crippen LogP contribution >= 0.6 is 11.3 Å². The summed E-state index contributed by atoms with van der Waals surface area (Å²) in [4.78, 5) is 4.22. The molecule has 0 aliphatic heterocycles. The van der Waals surface area contributed by atoms with Crippen LogP contribution in [0.4, 0.5) is 5.13 Å². The van der Waals surface area contributed by atoms with E-state index >= 15 is 0 Å². The number of anilines is 1. The first-order chi connectivity index (χ1) is 5.72. The van der Waals surface area contributed by atoms with E-state index in [0.717, 1.165) is 23.0 Å². The van der Waals surface area contributed by atoms with Gasteiger partial charge in [-0.2, -0.15) is 5.10 Å². The molecule has 1 aromatic heterocycles. The molecule has 3 nitrogen and oxygen atoms in total. The number of nitrogens with zero attached hydrogens (tertiary/aromatic N) is 2. The fourth-order valence-electron chi connectivity index (χ4n) is 0.628. The molecule has 0 aromatic carbocycles. The second-order valence-corrected chi connectivity index (χ2v) is 3.46. The maximum atomic E-state index is 4.22. The van der Waals surface area contributed by atoms with Gasteiger partial charge in [0.05, 0.1) is 5.69 Å². The van der Waals surface area contributed by atoms with Crippen molar-refractivity contribution >= 4 is 22.2 Å². The summed E-state index contributed by atoms with van der Waals surface area (Å²) in [7, 11) is 0. The number of hydrazone groups is 1. The minimum absolute atomic E-state index is 0.861. The Morgan fingerprint density at radius 3 is 3.00 bits per heavy atom. The maximum absolute atomic E-state index is 4.22. The number of hydrogen-bond acceptors (Lipinski definition) is 4. The van der Waals surface area contributed by atoms with Gasteiger partial charge in [-0.1, -0.05) is 6.92 Å². The highest BCUT2D eigenvalue weighted by Crippen LogP contribution is 2.13. The van der Waals surface area contributed by atoms with Crippen molar-refractivity contribution in [1.29, 1.82) is 0 Å². The second kappa shape index (κ2) is 4.21. The molecule has 0 saturated heterocycles. The first kappa shape index (κ1) is 9.19. The van der Waals surface area contributed by atoms with E-state index < -0.39 is 0 Å². The van der Waals surface area contributed by atoms with Crippen molar-refractivity contribution in [2.45, 2.75) is 27.2 Å². The molecule has 1 N–H and O–H groups in total. The molecule has 1 aromatic rings. The fraction of sp³-hybridized carbons (Fsp3) is 0.500. The summed E-state index contributed by atoms with van der Waals surface area (Å²) in [5.74, 6) is 0. The lowest BCUT2D eigenvalue weighted by Crippen LogP contribution is -1.94. The lowest BCUT2D eigenvalue weighted by atomic mass is 10.3. The minimum atomic E-state index is 0.861. The van der Waals surface area contributed by atoms with E-state index in [2.05, 4.69) is 22.4 Å². The summed E-state index contributed by atoms with van der Waals surface area (Å²) < 4.78 is 0. The van der Waals surface area contributed by atoms with E-state index in [1.165, 1.54) is 0 Å². The summed E-state index contributed by atoms with van der Waals surface area (Å²) in [6.45, 7) is 6.04. The Morgan fingerprint density at radius 1 is 1.75 bits per heavy atom. The van der Waals surface area contributed by atoms with Gasteiger partial charge < -0.3 is 0 Å². The van der Waals surface area contributed by atoms with Gasteiger partial charge in [-0.25, -0.2) is 4.98 Å². The lowest BCUT2D eigenvalue weighted by molar-refractivity contribution is 1.18. The molecule has 0 fully saturated rings. The zero-order chi connectivity index (χ0) is 8.97. The monoisotopic (exact) mass is 183 g/mol. The molecule has 0 saturated carbocycles. The molecular weight excluding hydrogens is 170 g/mol. The third-order valence-electron chi connectivity index (χ3n) is 1.47. The van der Waals surface area contributed by atoms with Gasteiger partial charge >= 0.3 is 0 Å². The number of nitrogens with one attached hydrogen (secondary N) is 1. The molecule has 0 aliphatic rings. The van der Waals surface area contributed by atoms with Crippen LogP contribution in [0.5, 0.6) is 0 Å². The fourth-order valence-corrected chi connectivity index (χ4v) is 1.26.